The molecule has 17 heavy (non-hydrogen) atoms. The van der Waals surface area contributed by atoms with Crippen molar-refractivity contribution in [2.24, 2.45) is 5.73 Å². The van der Waals surface area contributed by atoms with E-state index in [1.54, 1.807) is 13.3 Å². The van der Waals surface area contributed by atoms with E-state index < -0.39 is 0 Å². The number of hydrogen-bond donors (Lipinski definition) is 1. The van der Waals surface area contributed by atoms with Crippen LogP contribution in [0.2, 0.25) is 0 Å². The topological polar surface area (TPSA) is 66.0 Å². The van der Waals surface area contributed by atoms with Gasteiger partial charge in [-0.15, -0.1) is 0 Å². The van der Waals surface area contributed by atoms with Gasteiger partial charge in [0.05, 0.1) is 25.9 Å². The summed E-state index contributed by atoms with van der Waals surface area (Å²) in [6.07, 6.45) is 3.65. The Kier molecular flexibility index (Phi) is 3.39. The van der Waals surface area contributed by atoms with Crippen LogP contribution >= 0.6 is 0 Å². The highest BCUT2D eigenvalue weighted by atomic mass is 16.5. The van der Waals surface area contributed by atoms with E-state index in [9.17, 15) is 0 Å². The molecule has 2 aromatic heterocycles. The van der Waals surface area contributed by atoms with Gasteiger partial charge in [-0.1, -0.05) is 0 Å². The number of nitrogens with two attached hydrogens (primary N) is 1. The Morgan fingerprint density at radius 2 is 2.24 bits per heavy atom. The highest BCUT2D eigenvalue weighted by molar-refractivity contribution is 5.26. The molecular weight excluding hydrogens is 216 g/mol. The van der Waals surface area contributed by atoms with Crippen LogP contribution in [0.5, 0.6) is 5.75 Å². The van der Waals surface area contributed by atoms with E-state index in [1.165, 1.54) is 0 Å². The van der Waals surface area contributed by atoms with Crippen LogP contribution in [0.1, 0.15) is 17.2 Å². The van der Waals surface area contributed by atoms with Crippen LogP contribution in [-0.2, 0) is 13.1 Å². The zero-order valence-corrected chi connectivity index (χ0v) is 10.1. The summed E-state index contributed by atoms with van der Waals surface area (Å²) in [6, 6.07) is 3.83. The fourth-order valence-electron chi connectivity index (χ4n) is 1.75. The van der Waals surface area contributed by atoms with Crippen molar-refractivity contribution in [2.75, 3.05) is 7.11 Å². The number of nitrogens with zero attached hydrogens (tertiary/aromatic N) is 3. The summed E-state index contributed by atoms with van der Waals surface area (Å²) in [5, 5.41) is 0. The minimum absolute atomic E-state index is 0.427. The molecule has 0 amide bonds. The molecule has 2 N–H and O–H groups in total. The summed E-state index contributed by atoms with van der Waals surface area (Å²) in [7, 11) is 1.65. The molecule has 0 atom stereocenters. The van der Waals surface area contributed by atoms with Crippen molar-refractivity contribution in [3.8, 4) is 5.75 Å². The van der Waals surface area contributed by atoms with E-state index in [4.69, 9.17) is 10.5 Å². The molecule has 0 aliphatic heterocycles. The summed E-state index contributed by atoms with van der Waals surface area (Å²) >= 11 is 0. The number of ether oxygens (including phenoxy) is 1. The highest BCUT2D eigenvalue weighted by Gasteiger charge is 2.04. The lowest BCUT2D eigenvalue weighted by molar-refractivity contribution is 0.412. The Morgan fingerprint density at radius 3 is 2.94 bits per heavy atom. The first-order valence-corrected chi connectivity index (χ1v) is 5.44. The Balaban J connectivity index is 2.26. The van der Waals surface area contributed by atoms with Crippen LogP contribution in [0.25, 0.3) is 0 Å². The summed E-state index contributed by atoms with van der Waals surface area (Å²) < 4.78 is 7.21. The zero-order chi connectivity index (χ0) is 12.3. The molecule has 0 radical (unpaired) electrons. The summed E-state index contributed by atoms with van der Waals surface area (Å²) in [6.45, 7) is 3.03. The average molecular weight is 232 g/mol. The van der Waals surface area contributed by atoms with Crippen molar-refractivity contribution >= 4 is 0 Å². The Labute approximate surface area is 100 Å². The van der Waals surface area contributed by atoms with Crippen LogP contribution in [0.15, 0.2) is 24.5 Å². The summed E-state index contributed by atoms with van der Waals surface area (Å²) in [4.78, 5) is 8.64. The van der Waals surface area contributed by atoms with Crippen LogP contribution in [0, 0.1) is 6.92 Å². The molecule has 0 aliphatic rings. The van der Waals surface area contributed by atoms with Gasteiger partial charge < -0.3 is 15.0 Å². The van der Waals surface area contributed by atoms with E-state index in [2.05, 4.69) is 9.97 Å². The van der Waals surface area contributed by atoms with E-state index in [1.807, 2.05) is 29.8 Å². The molecule has 5 nitrogen and oxygen atoms in total. The van der Waals surface area contributed by atoms with Crippen molar-refractivity contribution in [3.63, 3.8) is 0 Å². The second-order valence-electron chi connectivity index (χ2n) is 3.82. The fraction of sp³-hybridized carbons (Fsp3) is 0.333. The van der Waals surface area contributed by atoms with E-state index in [-0.39, 0.29) is 0 Å². The van der Waals surface area contributed by atoms with Crippen molar-refractivity contribution in [3.05, 3.63) is 41.7 Å². The molecule has 0 spiro atoms. The smallest absolute Gasteiger partial charge is 0.122 e. The molecule has 0 fully saturated rings. The first kappa shape index (κ1) is 11.6. The highest BCUT2D eigenvalue weighted by Crippen LogP contribution is 2.14. The summed E-state index contributed by atoms with van der Waals surface area (Å²) in [5.41, 5.74) is 7.48. The van der Waals surface area contributed by atoms with Gasteiger partial charge in [-0.25, -0.2) is 4.98 Å². The van der Waals surface area contributed by atoms with Gasteiger partial charge >= 0.3 is 0 Å². The Bertz CT molecular complexity index is 507. The third kappa shape index (κ3) is 2.62. The second kappa shape index (κ2) is 4.97. The van der Waals surface area contributed by atoms with Crippen molar-refractivity contribution in [1.82, 2.24) is 14.5 Å². The maximum absolute atomic E-state index is 5.61. The monoisotopic (exact) mass is 232 g/mol. The predicted molar refractivity (Wildman–Crippen MR) is 64.7 cm³/mol. The number of pyridine rings is 1. The Hall–Kier alpha value is -1.88. The molecule has 2 heterocycles. The lowest BCUT2D eigenvalue weighted by Crippen LogP contribution is -2.10. The van der Waals surface area contributed by atoms with Crippen LogP contribution in [0.3, 0.4) is 0 Å². The van der Waals surface area contributed by atoms with E-state index in [0.29, 0.717) is 13.1 Å². The molecule has 90 valence electrons. The van der Waals surface area contributed by atoms with Crippen LogP contribution in [0.4, 0.5) is 0 Å². The van der Waals surface area contributed by atoms with Crippen molar-refractivity contribution < 1.29 is 4.74 Å². The van der Waals surface area contributed by atoms with Gasteiger partial charge in [0.2, 0.25) is 0 Å². The molecule has 0 aromatic carbocycles. The van der Waals surface area contributed by atoms with Crippen molar-refractivity contribution in [1.29, 1.82) is 0 Å². The van der Waals surface area contributed by atoms with Gasteiger partial charge in [-0.05, 0) is 6.92 Å². The molecule has 0 saturated carbocycles. The van der Waals surface area contributed by atoms with Gasteiger partial charge in [0, 0.05) is 30.2 Å². The number of aromatic nitrogens is 3. The molecular formula is C12H16N4O. The first-order chi connectivity index (χ1) is 8.22. The molecule has 0 bridgehead atoms. The largest absolute Gasteiger partial charge is 0.497 e. The molecule has 5 heteroatoms. The summed E-state index contributed by atoms with van der Waals surface area (Å²) in [5.74, 6) is 1.68. The van der Waals surface area contributed by atoms with Gasteiger partial charge in [-0.2, -0.15) is 0 Å². The van der Waals surface area contributed by atoms with Crippen LogP contribution in [-0.4, -0.2) is 21.6 Å². The van der Waals surface area contributed by atoms with Gasteiger partial charge in [-0.3, -0.25) is 4.98 Å². The average Bonchev–Trinajstić information content (AvgIpc) is 2.75. The lowest BCUT2D eigenvalue weighted by atomic mass is 10.3. The van der Waals surface area contributed by atoms with Crippen molar-refractivity contribution in [2.45, 2.75) is 20.0 Å². The van der Waals surface area contributed by atoms with Gasteiger partial charge in [0.25, 0.3) is 0 Å². The van der Waals surface area contributed by atoms with Gasteiger partial charge in [0.1, 0.15) is 11.6 Å². The number of rotatable bonds is 4. The van der Waals surface area contributed by atoms with Gasteiger partial charge in [0.15, 0.2) is 0 Å². The second-order valence-corrected chi connectivity index (χ2v) is 3.82. The maximum Gasteiger partial charge on any atom is 0.122 e. The molecule has 0 saturated heterocycles. The number of aryl methyl sites for hydroxylation is 1. The Morgan fingerprint density at radius 1 is 1.41 bits per heavy atom. The number of hydrogen-bond acceptors (Lipinski definition) is 4. The minimum atomic E-state index is 0.427. The molecule has 0 aliphatic carbocycles. The quantitative estimate of drug-likeness (QED) is 0.857. The maximum atomic E-state index is 5.61. The zero-order valence-electron chi connectivity index (χ0n) is 10.1. The fourth-order valence-corrected chi connectivity index (χ4v) is 1.75. The number of imidazole rings is 1. The molecule has 2 rings (SSSR count). The third-order valence-electron chi connectivity index (χ3n) is 2.53. The number of methoxy groups -OCH3 is 1. The lowest BCUT2D eigenvalue weighted by Gasteiger charge is -2.08. The SMILES string of the molecule is COc1cc(C)nc(Cn2ccnc2CN)c1. The molecule has 2 aromatic rings. The predicted octanol–water partition coefficient (Wildman–Crippen LogP) is 1.10. The van der Waals surface area contributed by atoms with E-state index in [0.717, 1.165) is 23.0 Å². The minimum Gasteiger partial charge on any atom is -0.497 e. The third-order valence-corrected chi connectivity index (χ3v) is 2.53. The first-order valence-electron chi connectivity index (χ1n) is 5.44. The molecule has 0 unspecified atom stereocenters. The van der Waals surface area contributed by atoms with E-state index >= 15 is 0 Å². The van der Waals surface area contributed by atoms with Crippen LogP contribution < -0.4 is 10.5 Å². The standard InChI is InChI=1S/C12H16N4O/c1-9-5-11(17-2)6-10(15-9)8-16-4-3-14-12(16)7-13/h3-6H,7-8,13H2,1-2H3. The normalized spacial score (nSPS) is 10.5.